The summed E-state index contributed by atoms with van der Waals surface area (Å²) in [5.74, 6) is 2.27. The second kappa shape index (κ2) is 13.7. The van der Waals surface area contributed by atoms with Gasteiger partial charge in [0.1, 0.15) is 22.8 Å². The lowest BCUT2D eigenvalue weighted by Crippen LogP contribution is -2.06. The zero-order chi connectivity index (χ0) is 43.7. The minimum absolute atomic E-state index is 0.652. The number of rotatable bonds is 4. The second-order valence-corrected chi connectivity index (χ2v) is 17.7. The predicted octanol–water partition coefficient (Wildman–Crippen LogP) is 16.5. The van der Waals surface area contributed by atoms with Gasteiger partial charge in [0.05, 0.1) is 22.1 Å². The average Bonchev–Trinajstić information content (AvgIpc) is 4.06. The van der Waals surface area contributed by atoms with Gasteiger partial charge < -0.3 is 4.42 Å². The number of fused-ring (bicyclic) bond motifs is 17. The first-order valence-corrected chi connectivity index (χ1v) is 22.8. The summed E-state index contributed by atoms with van der Waals surface area (Å²) in [6, 6.07) is 78.4. The Balaban J connectivity index is 0.948. The Bertz CT molecular complexity index is 4350. The lowest BCUT2D eigenvalue weighted by Gasteiger charge is -2.15. The fourth-order valence-corrected chi connectivity index (χ4v) is 11.1. The van der Waals surface area contributed by atoms with Gasteiger partial charge in [-0.25, -0.2) is 9.97 Å². The van der Waals surface area contributed by atoms with Crippen molar-refractivity contribution in [2.24, 2.45) is 0 Å². The van der Waals surface area contributed by atoms with Crippen LogP contribution >= 0.6 is 0 Å². The Morgan fingerprint density at radius 3 is 1.37 bits per heavy atom. The highest BCUT2D eigenvalue weighted by Crippen LogP contribution is 2.43. The van der Waals surface area contributed by atoms with Crippen LogP contribution in [0.1, 0.15) is 0 Å². The van der Waals surface area contributed by atoms with E-state index in [0.29, 0.717) is 5.82 Å². The molecule has 67 heavy (non-hydrogen) atoms. The quantitative estimate of drug-likeness (QED) is 0.166. The molecule has 0 aliphatic rings. The van der Waals surface area contributed by atoms with E-state index in [-0.39, 0.29) is 0 Å². The fraction of sp³-hybridized carbons (Fsp3) is 0. The van der Waals surface area contributed by atoms with Gasteiger partial charge in [-0.2, -0.15) is 0 Å². The third-order valence-corrected chi connectivity index (χ3v) is 14.1. The van der Waals surface area contributed by atoms with E-state index >= 15 is 0 Å². The first-order valence-electron chi connectivity index (χ1n) is 22.8. The Morgan fingerprint density at radius 2 is 0.761 bits per heavy atom. The predicted molar refractivity (Wildman–Crippen MR) is 279 cm³/mol. The van der Waals surface area contributed by atoms with Crippen LogP contribution in [0.15, 0.2) is 223 Å². The maximum absolute atomic E-state index is 6.57. The Labute approximate surface area is 383 Å². The van der Waals surface area contributed by atoms with E-state index in [1.54, 1.807) is 0 Å². The van der Waals surface area contributed by atoms with Crippen molar-refractivity contribution in [2.75, 3.05) is 0 Å². The summed E-state index contributed by atoms with van der Waals surface area (Å²) < 4.78 is 11.2. The molecule has 310 valence electrons. The van der Waals surface area contributed by atoms with Gasteiger partial charge in [0, 0.05) is 43.9 Å². The first kappa shape index (κ1) is 36.3. The van der Waals surface area contributed by atoms with Crippen molar-refractivity contribution >= 4 is 109 Å². The molecule has 0 fully saturated rings. The van der Waals surface area contributed by atoms with Crippen LogP contribution in [0.2, 0.25) is 0 Å². The van der Waals surface area contributed by atoms with Crippen LogP contribution in [0.25, 0.3) is 143 Å². The number of aromatic nitrogens is 4. The molecule has 5 heteroatoms. The molecule has 0 spiro atoms. The van der Waals surface area contributed by atoms with E-state index in [1.807, 2.05) is 0 Å². The molecule has 0 aliphatic heterocycles. The van der Waals surface area contributed by atoms with Crippen molar-refractivity contribution in [3.05, 3.63) is 218 Å². The van der Waals surface area contributed by atoms with Crippen LogP contribution in [0.3, 0.4) is 0 Å². The topological polar surface area (TPSA) is 48.8 Å². The molecule has 0 N–H and O–H groups in total. The van der Waals surface area contributed by atoms with Gasteiger partial charge in [0.25, 0.3) is 0 Å². The van der Waals surface area contributed by atoms with Crippen LogP contribution in [0, 0.1) is 0 Å². The summed E-state index contributed by atoms with van der Waals surface area (Å²) in [5.41, 5.74) is 9.36. The van der Waals surface area contributed by atoms with Gasteiger partial charge in [-0.3, -0.25) is 9.13 Å². The molecule has 0 atom stereocenters. The van der Waals surface area contributed by atoms with Crippen LogP contribution in [-0.4, -0.2) is 19.1 Å². The van der Waals surface area contributed by atoms with Crippen molar-refractivity contribution < 1.29 is 4.42 Å². The number of para-hydroxylation sites is 4. The summed E-state index contributed by atoms with van der Waals surface area (Å²) in [7, 11) is 0. The molecule has 4 heterocycles. The Kier molecular flexibility index (Phi) is 7.44. The standard InChI is InChI=1S/C62H36N4O/c1-2-17-41-37(14-1)29-31-57-61(41)52-34-50-44-30-28-39(33-49(44)42-18-3-4-19-43(42)51(50)35-58(52)67-57)38-15-13-16-40(32-38)62-63-59(65-53-24-9-5-20-45(53)46-21-6-10-25-54(46)65)36-60(64-62)66-55-26-11-7-22-47(55)48-23-8-12-27-56(48)66/h1-36H. The van der Waals surface area contributed by atoms with Crippen molar-refractivity contribution in [3.63, 3.8) is 0 Å². The molecule has 0 aliphatic carbocycles. The third-order valence-electron chi connectivity index (χ3n) is 14.1. The SMILES string of the molecule is c1cc(-c2ccc3c(c2)c2ccccc2c2cc4oc5ccc6ccccc6c5c4cc32)cc(-c2nc(-n3c4ccccc4c4ccccc43)cc(-n3c4ccccc4c4ccccc43)n2)c1. The fourth-order valence-electron chi connectivity index (χ4n) is 11.1. The van der Waals surface area contributed by atoms with Crippen molar-refractivity contribution in [3.8, 4) is 34.2 Å². The first-order chi connectivity index (χ1) is 33.2. The highest BCUT2D eigenvalue weighted by molar-refractivity contribution is 6.30. The second-order valence-electron chi connectivity index (χ2n) is 17.7. The normalized spacial score (nSPS) is 12.2. The van der Waals surface area contributed by atoms with E-state index in [1.165, 1.54) is 64.6 Å². The van der Waals surface area contributed by atoms with E-state index in [0.717, 1.165) is 72.3 Å². The molecular formula is C62H36N4O. The minimum atomic E-state index is 0.652. The van der Waals surface area contributed by atoms with Gasteiger partial charge in [-0.1, -0.05) is 158 Å². The van der Waals surface area contributed by atoms with Gasteiger partial charge in [0.2, 0.25) is 0 Å². The summed E-state index contributed by atoms with van der Waals surface area (Å²) >= 11 is 0. The lowest BCUT2D eigenvalue weighted by atomic mass is 9.91. The highest BCUT2D eigenvalue weighted by Gasteiger charge is 2.21. The number of nitrogens with zero attached hydrogens (tertiary/aromatic N) is 4. The molecule has 0 saturated heterocycles. The van der Waals surface area contributed by atoms with Crippen LogP contribution < -0.4 is 0 Å². The van der Waals surface area contributed by atoms with Crippen molar-refractivity contribution in [1.29, 1.82) is 0 Å². The summed E-state index contributed by atoms with van der Waals surface area (Å²) in [4.78, 5) is 10.9. The van der Waals surface area contributed by atoms with Gasteiger partial charge >= 0.3 is 0 Å². The molecule has 4 aromatic heterocycles. The number of benzene rings is 11. The van der Waals surface area contributed by atoms with Crippen LogP contribution in [0.5, 0.6) is 0 Å². The molecule has 5 nitrogen and oxygen atoms in total. The lowest BCUT2D eigenvalue weighted by molar-refractivity contribution is 0.670. The maximum Gasteiger partial charge on any atom is 0.163 e. The Hall–Kier alpha value is -9.06. The van der Waals surface area contributed by atoms with Crippen molar-refractivity contribution in [1.82, 2.24) is 19.1 Å². The van der Waals surface area contributed by atoms with E-state index in [4.69, 9.17) is 14.4 Å². The molecule has 0 saturated carbocycles. The third kappa shape index (κ3) is 5.25. The summed E-state index contributed by atoms with van der Waals surface area (Å²) in [6.45, 7) is 0. The maximum atomic E-state index is 6.57. The molecule has 11 aromatic carbocycles. The average molecular weight is 853 g/mol. The Morgan fingerprint density at radius 1 is 0.284 bits per heavy atom. The molecule has 0 amide bonds. The van der Waals surface area contributed by atoms with Gasteiger partial charge in [-0.05, 0) is 109 Å². The number of hydrogen-bond donors (Lipinski definition) is 0. The largest absolute Gasteiger partial charge is 0.456 e. The molecule has 0 unspecified atom stereocenters. The van der Waals surface area contributed by atoms with Crippen LogP contribution in [-0.2, 0) is 0 Å². The van der Waals surface area contributed by atoms with Gasteiger partial charge in [-0.15, -0.1) is 0 Å². The van der Waals surface area contributed by atoms with Crippen LogP contribution in [0.4, 0.5) is 0 Å². The molecular weight excluding hydrogens is 817 g/mol. The number of hydrogen-bond acceptors (Lipinski definition) is 3. The molecule has 15 rings (SSSR count). The number of furan rings is 1. The monoisotopic (exact) mass is 852 g/mol. The minimum Gasteiger partial charge on any atom is -0.456 e. The van der Waals surface area contributed by atoms with E-state index in [9.17, 15) is 0 Å². The van der Waals surface area contributed by atoms with Gasteiger partial charge in [0.15, 0.2) is 5.82 Å². The van der Waals surface area contributed by atoms with E-state index in [2.05, 4.69) is 228 Å². The molecule has 0 bridgehead atoms. The summed E-state index contributed by atoms with van der Waals surface area (Å²) in [5, 5.41) is 16.7. The highest BCUT2D eigenvalue weighted by atomic mass is 16.3. The molecule has 15 aromatic rings. The van der Waals surface area contributed by atoms with E-state index < -0.39 is 0 Å². The zero-order valence-corrected chi connectivity index (χ0v) is 36.0. The smallest absolute Gasteiger partial charge is 0.163 e. The zero-order valence-electron chi connectivity index (χ0n) is 36.0. The molecule has 0 radical (unpaired) electrons. The summed E-state index contributed by atoms with van der Waals surface area (Å²) in [6.07, 6.45) is 0. The van der Waals surface area contributed by atoms with Crippen molar-refractivity contribution in [2.45, 2.75) is 0 Å².